The van der Waals surface area contributed by atoms with Crippen molar-refractivity contribution in [1.82, 2.24) is 14.5 Å². The lowest BCUT2D eigenvalue weighted by Gasteiger charge is -2.16. The molecule has 2 aromatic carbocycles. The summed E-state index contributed by atoms with van der Waals surface area (Å²) in [5.74, 6) is -0.0342. The molecule has 4 rings (SSSR count). The molecular formula is C21H18ClFN4O2S. The second-order valence-electron chi connectivity index (χ2n) is 6.84. The molecule has 0 amide bonds. The van der Waals surface area contributed by atoms with Crippen molar-refractivity contribution in [3.63, 3.8) is 0 Å². The molecule has 0 saturated heterocycles. The zero-order chi connectivity index (χ0) is 21.4. The van der Waals surface area contributed by atoms with Crippen LogP contribution in [0.3, 0.4) is 0 Å². The van der Waals surface area contributed by atoms with Crippen LogP contribution in [0, 0.1) is 19.7 Å². The fourth-order valence-electron chi connectivity index (χ4n) is 3.18. The highest BCUT2D eigenvalue weighted by atomic mass is 35.5. The number of hydrogen-bond acceptors (Lipinski definition) is 6. The number of aromatic nitrogens is 3. The fraction of sp³-hybridized carbons (Fsp3) is 0.190. The van der Waals surface area contributed by atoms with Crippen LogP contribution in [0.15, 0.2) is 41.3 Å². The number of anilines is 2. The molecule has 0 radical (unpaired) electrons. The van der Waals surface area contributed by atoms with E-state index in [1.54, 1.807) is 28.2 Å². The van der Waals surface area contributed by atoms with E-state index in [2.05, 4.69) is 15.3 Å². The first-order chi connectivity index (χ1) is 14.3. The maximum atomic E-state index is 13.8. The van der Waals surface area contributed by atoms with Crippen molar-refractivity contribution in [2.45, 2.75) is 20.4 Å². The molecule has 0 atom stereocenters. The van der Waals surface area contributed by atoms with Gasteiger partial charge in [-0.25, -0.2) is 9.37 Å². The molecule has 154 valence electrons. The topological polar surface area (TPSA) is 69.0 Å². The SMILES string of the molecule is COc1cn(Cc2cc(F)cc(Cl)c2)c(Nc2cc3sc(C)nc3cc2C)nc1=O. The van der Waals surface area contributed by atoms with Crippen LogP contribution in [0.25, 0.3) is 10.2 Å². The molecule has 0 aliphatic rings. The van der Waals surface area contributed by atoms with E-state index in [9.17, 15) is 9.18 Å². The summed E-state index contributed by atoms with van der Waals surface area (Å²) in [6.45, 7) is 4.15. The van der Waals surface area contributed by atoms with E-state index in [1.165, 1.54) is 19.2 Å². The van der Waals surface area contributed by atoms with Crippen molar-refractivity contribution in [2.75, 3.05) is 12.4 Å². The van der Waals surface area contributed by atoms with Gasteiger partial charge in [-0.05, 0) is 55.3 Å². The van der Waals surface area contributed by atoms with Crippen LogP contribution >= 0.6 is 22.9 Å². The standard InChI is InChI=1S/C21H18ClFN4O2S/c1-11-4-17-19(30-12(2)24-17)8-16(11)25-21-26-20(28)18(29-3)10-27(21)9-13-5-14(22)7-15(23)6-13/h4-8,10H,9H2,1-3H3,(H,25,26,28). The lowest BCUT2D eigenvalue weighted by molar-refractivity contribution is 0.402. The molecule has 0 unspecified atom stereocenters. The molecule has 0 fully saturated rings. The first-order valence-electron chi connectivity index (χ1n) is 9.07. The van der Waals surface area contributed by atoms with Gasteiger partial charge in [0.1, 0.15) is 5.82 Å². The number of methoxy groups -OCH3 is 1. The summed E-state index contributed by atoms with van der Waals surface area (Å²) in [6, 6.07) is 8.26. The molecule has 1 N–H and O–H groups in total. The fourth-order valence-corrected chi connectivity index (χ4v) is 4.27. The quantitative estimate of drug-likeness (QED) is 0.465. The summed E-state index contributed by atoms with van der Waals surface area (Å²) in [7, 11) is 1.40. The number of hydrogen-bond donors (Lipinski definition) is 1. The van der Waals surface area contributed by atoms with E-state index < -0.39 is 11.4 Å². The lowest BCUT2D eigenvalue weighted by Crippen LogP contribution is -2.19. The van der Waals surface area contributed by atoms with E-state index in [4.69, 9.17) is 16.3 Å². The Labute approximate surface area is 180 Å². The summed E-state index contributed by atoms with van der Waals surface area (Å²) in [5, 5.41) is 4.50. The van der Waals surface area contributed by atoms with Crippen molar-refractivity contribution in [3.8, 4) is 5.75 Å². The molecular weight excluding hydrogens is 427 g/mol. The minimum atomic E-state index is -0.499. The van der Waals surface area contributed by atoms with Crippen molar-refractivity contribution in [3.05, 3.63) is 73.9 Å². The molecule has 0 aliphatic heterocycles. The van der Waals surface area contributed by atoms with Crippen LogP contribution in [-0.2, 0) is 6.54 Å². The first-order valence-corrected chi connectivity index (χ1v) is 10.3. The van der Waals surface area contributed by atoms with Gasteiger partial charge in [0.15, 0.2) is 0 Å². The third-order valence-corrected chi connectivity index (χ3v) is 5.70. The van der Waals surface area contributed by atoms with Gasteiger partial charge in [0.25, 0.3) is 0 Å². The summed E-state index contributed by atoms with van der Waals surface area (Å²) >= 11 is 7.58. The van der Waals surface area contributed by atoms with Crippen LogP contribution in [0.4, 0.5) is 16.0 Å². The molecule has 30 heavy (non-hydrogen) atoms. The molecule has 0 saturated carbocycles. The number of halogens is 2. The van der Waals surface area contributed by atoms with E-state index in [1.807, 2.05) is 26.0 Å². The molecule has 0 aliphatic carbocycles. The van der Waals surface area contributed by atoms with Crippen molar-refractivity contribution in [2.24, 2.45) is 0 Å². The number of ether oxygens (including phenoxy) is 1. The monoisotopic (exact) mass is 444 g/mol. The highest BCUT2D eigenvalue weighted by Crippen LogP contribution is 2.29. The number of nitrogens with zero attached hydrogens (tertiary/aromatic N) is 3. The van der Waals surface area contributed by atoms with Crippen molar-refractivity contribution >= 4 is 44.8 Å². The maximum Gasteiger partial charge on any atom is 0.316 e. The highest BCUT2D eigenvalue weighted by molar-refractivity contribution is 7.18. The number of nitrogens with one attached hydrogen (secondary N) is 1. The number of benzene rings is 2. The van der Waals surface area contributed by atoms with Gasteiger partial charge < -0.3 is 14.6 Å². The highest BCUT2D eigenvalue weighted by Gasteiger charge is 2.13. The molecule has 6 nitrogen and oxygen atoms in total. The van der Waals surface area contributed by atoms with E-state index >= 15 is 0 Å². The largest absolute Gasteiger partial charge is 0.490 e. The van der Waals surface area contributed by atoms with Crippen LogP contribution in [0.1, 0.15) is 16.1 Å². The molecule has 0 spiro atoms. The Balaban J connectivity index is 1.78. The molecule has 0 bridgehead atoms. The summed E-state index contributed by atoms with van der Waals surface area (Å²) < 4.78 is 21.6. The molecule has 9 heteroatoms. The Morgan fingerprint density at radius 2 is 2.00 bits per heavy atom. The predicted molar refractivity (Wildman–Crippen MR) is 118 cm³/mol. The molecule has 2 heterocycles. The van der Waals surface area contributed by atoms with E-state index in [0.717, 1.165) is 26.5 Å². The summed E-state index contributed by atoms with van der Waals surface area (Å²) in [4.78, 5) is 20.9. The van der Waals surface area contributed by atoms with Crippen LogP contribution < -0.4 is 15.6 Å². The number of fused-ring (bicyclic) bond motifs is 1. The van der Waals surface area contributed by atoms with Gasteiger partial charge >= 0.3 is 5.56 Å². The maximum absolute atomic E-state index is 13.8. The normalized spacial score (nSPS) is 11.1. The van der Waals surface area contributed by atoms with Crippen LogP contribution in [-0.4, -0.2) is 21.6 Å². The van der Waals surface area contributed by atoms with Gasteiger partial charge in [0.2, 0.25) is 11.7 Å². The van der Waals surface area contributed by atoms with Crippen molar-refractivity contribution < 1.29 is 9.13 Å². The van der Waals surface area contributed by atoms with E-state index in [0.29, 0.717) is 16.5 Å². The predicted octanol–water partition coefficient (Wildman–Crippen LogP) is 5.06. The first kappa shape index (κ1) is 20.3. The second-order valence-corrected chi connectivity index (χ2v) is 8.51. The van der Waals surface area contributed by atoms with Crippen LogP contribution in [0.2, 0.25) is 5.02 Å². The summed E-state index contributed by atoms with van der Waals surface area (Å²) in [6.07, 6.45) is 1.54. The van der Waals surface area contributed by atoms with Gasteiger partial charge in [-0.3, -0.25) is 4.79 Å². The molecule has 4 aromatic rings. The zero-order valence-electron chi connectivity index (χ0n) is 16.5. The zero-order valence-corrected chi connectivity index (χ0v) is 18.1. The number of rotatable bonds is 5. The van der Waals surface area contributed by atoms with Crippen LogP contribution in [0.5, 0.6) is 5.75 Å². The van der Waals surface area contributed by atoms with Gasteiger partial charge in [-0.1, -0.05) is 11.6 Å². The van der Waals surface area contributed by atoms with Gasteiger partial charge in [-0.2, -0.15) is 4.98 Å². The minimum Gasteiger partial charge on any atom is -0.490 e. The Morgan fingerprint density at radius 1 is 1.20 bits per heavy atom. The van der Waals surface area contributed by atoms with Crippen molar-refractivity contribution in [1.29, 1.82) is 0 Å². The number of aryl methyl sites for hydroxylation is 2. The summed E-state index contributed by atoms with van der Waals surface area (Å²) in [5.41, 5.74) is 2.81. The Kier molecular flexibility index (Phi) is 5.44. The Morgan fingerprint density at radius 3 is 2.73 bits per heavy atom. The third kappa shape index (κ3) is 4.15. The average molecular weight is 445 g/mol. The second kappa shape index (κ2) is 8.04. The Hall–Kier alpha value is -2.97. The Bertz CT molecular complexity index is 1300. The van der Waals surface area contributed by atoms with E-state index in [-0.39, 0.29) is 12.3 Å². The molecule has 2 aromatic heterocycles. The van der Waals surface area contributed by atoms with Gasteiger partial charge in [-0.15, -0.1) is 11.3 Å². The van der Waals surface area contributed by atoms with Gasteiger partial charge in [0, 0.05) is 10.7 Å². The van der Waals surface area contributed by atoms with Gasteiger partial charge in [0.05, 0.1) is 35.1 Å². The third-order valence-electron chi connectivity index (χ3n) is 4.55. The minimum absolute atomic E-state index is 0.0910. The number of thiazole rings is 1. The lowest BCUT2D eigenvalue weighted by atomic mass is 10.2. The smallest absolute Gasteiger partial charge is 0.316 e. The average Bonchev–Trinajstić information content (AvgIpc) is 3.02.